The lowest BCUT2D eigenvalue weighted by Crippen LogP contribution is -2.54. The molecule has 2 aliphatic rings. The van der Waals surface area contributed by atoms with Crippen LogP contribution in [0.25, 0.3) is 0 Å². The minimum Gasteiger partial charge on any atom is -0.465 e. The Kier molecular flexibility index (Phi) is 12.3. The van der Waals surface area contributed by atoms with E-state index in [-0.39, 0.29) is 31.8 Å². The molecular weight excluding hydrogens is 594 g/mol. The summed E-state index contributed by atoms with van der Waals surface area (Å²) in [5.74, 6) is -0.504. The second-order valence-corrected chi connectivity index (χ2v) is 13.4. The summed E-state index contributed by atoms with van der Waals surface area (Å²) in [4.78, 5) is 56.5. The van der Waals surface area contributed by atoms with Gasteiger partial charge in [0.25, 0.3) is 0 Å². The molecule has 1 N–H and O–H groups in total. The molecule has 2 amide bonds. The largest absolute Gasteiger partial charge is 0.465 e. The molecule has 2 aromatic rings. The summed E-state index contributed by atoms with van der Waals surface area (Å²) in [6, 6.07) is 15.6. The predicted octanol–water partition coefficient (Wildman–Crippen LogP) is 5.19. The zero-order valence-corrected chi connectivity index (χ0v) is 27.5. The summed E-state index contributed by atoms with van der Waals surface area (Å²) in [7, 11) is 0. The lowest BCUT2D eigenvalue weighted by atomic mass is 9.90. The first kappa shape index (κ1) is 34.3. The first-order valence-electron chi connectivity index (χ1n) is 15.7. The average Bonchev–Trinajstić information content (AvgIpc) is 3.14. The number of para-hydroxylation sites is 1. The standard InChI is InChI=1S/C34H45N3O7S/c1-5-42-32(40)26(16-15-24-17-19-36(20-18-24)33(41)43-22-25-11-7-6-8-12-25)35-27-23-45-29-14-10-9-13-28(29)37(31(27)39)21-30(38)44-34(2,3)4/h6-14,24,26-27,35H,5,15-23H2,1-4H3/t26-,27?/m1/s1. The minimum atomic E-state index is -0.722. The van der Waals surface area contributed by atoms with Crippen molar-refractivity contribution in [3.05, 3.63) is 60.2 Å². The zero-order chi connectivity index (χ0) is 32.4. The molecule has 2 aromatic carbocycles. The Morgan fingerprint density at radius 2 is 1.69 bits per heavy atom. The van der Waals surface area contributed by atoms with Crippen LogP contribution in [0, 0.1) is 5.92 Å². The maximum absolute atomic E-state index is 13.9. The first-order valence-corrected chi connectivity index (χ1v) is 16.7. The summed E-state index contributed by atoms with van der Waals surface area (Å²) in [6.45, 7) is 8.53. The highest BCUT2D eigenvalue weighted by Crippen LogP contribution is 2.34. The molecule has 0 bridgehead atoms. The second kappa shape index (κ2) is 16.1. The number of thioether (sulfide) groups is 1. The van der Waals surface area contributed by atoms with Crippen LogP contribution in [0.1, 0.15) is 58.9 Å². The molecule has 1 fully saturated rings. The molecular formula is C34H45N3O7S. The van der Waals surface area contributed by atoms with Gasteiger partial charge in [0.05, 0.1) is 18.3 Å². The number of esters is 2. The third kappa shape index (κ3) is 10.2. The molecule has 2 heterocycles. The van der Waals surface area contributed by atoms with E-state index in [4.69, 9.17) is 14.2 Å². The average molecular weight is 640 g/mol. The Balaban J connectivity index is 1.36. The van der Waals surface area contributed by atoms with Crippen LogP contribution >= 0.6 is 11.8 Å². The third-order valence-corrected chi connectivity index (χ3v) is 8.90. The van der Waals surface area contributed by atoms with Crippen molar-refractivity contribution in [1.82, 2.24) is 10.2 Å². The van der Waals surface area contributed by atoms with Crippen LogP contribution in [0.3, 0.4) is 0 Å². The van der Waals surface area contributed by atoms with Gasteiger partial charge in [0.2, 0.25) is 5.91 Å². The van der Waals surface area contributed by atoms with Gasteiger partial charge in [0.1, 0.15) is 24.8 Å². The van der Waals surface area contributed by atoms with Gasteiger partial charge in [-0.25, -0.2) is 4.79 Å². The number of carbonyl (C=O) groups excluding carboxylic acids is 4. The number of nitrogens with one attached hydrogen (secondary N) is 1. The fourth-order valence-electron chi connectivity index (χ4n) is 5.51. The van der Waals surface area contributed by atoms with Crippen LogP contribution < -0.4 is 10.2 Å². The number of ether oxygens (including phenoxy) is 3. The molecule has 0 spiro atoms. The van der Waals surface area contributed by atoms with Crippen LogP contribution in [0.4, 0.5) is 10.5 Å². The molecule has 0 aromatic heterocycles. The molecule has 1 unspecified atom stereocenters. The highest BCUT2D eigenvalue weighted by Gasteiger charge is 2.36. The monoisotopic (exact) mass is 639 g/mol. The lowest BCUT2D eigenvalue weighted by molar-refractivity contribution is -0.154. The molecule has 4 rings (SSSR count). The van der Waals surface area contributed by atoms with Crippen LogP contribution in [0.15, 0.2) is 59.5 Å². The highest BCUT2D eigenvalue weighted by atomic mass is 32.2. The molecule has 0 saturated carbocycles. The Morgan fingerprint density at radius 1 is 1.00 bits per heavy atom. The smallest absolute Gasteiger partial charge is 0.410 e. The number of likely N-dealkylation sites (tertiary alicyclic amines) is 1. The van der Waals surface area contributed by atoms with Crippen LogP contribution in [-0.4, -0.2) is 78.5 Å². The van der Waals surface area contributed by atoms with Crippen LogP contribution in [0.5, 0.6) is 0 Å². The quantitative estimate of drug-likeness (QED) is 0.262. The highest BCUT2D eigenvalue weighted by molar-refractivity contribution is 7.99. The number of benzene rings is 2. The molecule has 244 valence electrons. The summed E-state index contributed by atoms with van der Waals surface area (Å²) in [6.07, 6.45) is 2.50. The van der Waals surface area contributed by atoms with Gasteiger partial charge in [-0.05, 0) is 77.0 Å². The van der Waals surface area contributed by atoms with Crippen molar-refractivity contribution >= 4 is 41.4 Å². The van der Waals surface area contributed by atoms with Crippen LogP contribution in [-0.2, 0) is 35.2 Å². The molecule has 10 nitrogen and oxygen atoms in total. The summed E-state index contributed by atoms with van der Waals surface area (Å²) >= 11 is 1.51. The van der Waals surface area contributed by atoms with Crippen LogP contribution in [0.2, 0.25) is 0 Å². The van der Waals surface area contributed by atoms with Crippen molar-refractivity contribution in [2.24, 2.45) is 5.92 Å². The van der Waals surface area contributed by atoms with Gasteiger partial charge in [-0.1, -0.05) is 42.5 Å². The van der Waals surface area contributed by atoms with Gasteiger partial charge in [0, 0.05) is 23.7 Å². The lowest BCUT2D eigenvalue weighted by Gasteiger charge is -2.32. The van der Waals surface area contributed by atoms with Crippen molar-refractivity contribution in [3.8, 4) is 0 Å². The van der Waals surface area contributed by atoms with Gasteiger partial charge < -0.3 is 19.1 Å². The normalized spacial score (nSPS) is 18.0. The van der Waals surface area contributed by atoms with Crippen molar-refractivity contribution in [2.45, 2.75) is 82.6 Å². The molecule has 0 aliphatic carbocycles. The first-order chi connectivity index (χ1) is 21.5. The SMILES string of the molecule is CCOC(=O)[C@@H](CCC1CCN(C(=O)OCc2ccccc2)CC1)NC1CSc2ccccc2N(CC(=O)OC(C)(C)C)C1=O. The third-order valence-electron chi connectivity index (χ3n) is 7.75. The summed E-state index contributed by atoms with van der Waals surface area (Å²) in [5.41, 5.74) is 0.899. The van der Waals surface area contributed by atoms with Crippen molar-refractivity contribution < 1.29 is 33.4 Å². The molecule has 1 saturated heterocycles. The fraction of sp³-hybridized carbons (Fsp3) is 0.529. The van der Waals surface area contributed by atoms with Gasteiger partial charge in [-0.2, -0.15) is 0 Å². The molecule has 45 heavy (non-hydrogen) atoms. The topological polar surface area (TPSA) is 114 Å². The number of fused-ring (bicyclic) bond motifs is 1. The van der Waals surface area contributed by atoms with Crippen molar-refractivity contribution in [2.75, 3.05) is 36.9 Å². The predicted molar refractivity (Wildman–Crippen MR) is 173 cm³/mol. The molecule has 2 aliphatic heterocycles. The van der Waals surface area contributed by atoms with E-state index in [1.54, 1.807) is 32.6 Å². The number of anilines is 1. The maximum atomic E-state index is 13.9. The maximum Gasteiger partial charge on any atom is 0.410 e. The van der Waals surface area contributed by atoms with E-state index >= 15 is 0 Å². The Hall–Kier alpha value is -3.57. The summed E-state index contributed by atoms with van der Waals surface area (Å²) < 4.78 is 16.4. The second-order valence-electron chi connectivity index (χ2n) is 12.4. The van der Waals surface area contributed by atoms with Gasteiger partial charge in [0.15, 0.2) is 0 Å². The van der Waals surface area contributed by atoms with E-state index < -0.39 is 29.6 Å². The zero-order valence-electron chi connectivity index (χ0n) is 26.7. The summed E-state index contributed by atoms with van der Waals surface area (Å²) in [5, 5.41) is 3.29. The molecule has 11 heteroatoms. The van der Waals surface area contributed by atoms with Crippen molar-refractivity contribution in [3.63, 3.8) is 0 Å². The van der Waals surface area contributed by atoms with E-state index in [2.05, 4.69) is 5.32 Å². The molecule has 2 atom stereocenters. The van der Waals surface area contributed by atoms with Gasteiger partial charge >= 0.3 is 18.0 Å². The van der Waals surface area contributed by atoms with Gasteiger partial charge in [-0.15, -0.1) is 11.8 Å². The number of hydrogen-bond donors (Lipinski definition) is 1. The Labute approximate surface area is 270 Å². The molecule has 0 radical (unpaired) electrons. The number of piperidine rings is 1. The van der Waals surface area contributed by atoms with E-state index in [0.717, 1.165) is 29.7 Å². The number of hydrogen-bond acceptors (Lipinski definition) is 9. The van der Waals surface area contributed by atoms with E-state index in [0.29, 0.717) is 36.9 Å². The van der Waals surface area contributed by atoms with E-state index in [1.165, 1.54) is 16.7 Å². The Bertz CT molecular complexity index is 1310. The number of amides is 2. The van der Waals surface area contributed by atoms with Gasteiger partial charge in [-0.3, -0.25) is 24.6 Å². The van der Waals surface area contributed by atoms with E-state index in [1.807, 2.05) is 54.6 Å². The number of nitrogens with zero attached hydrogens (tertiary/aromatic N) is 2. The fourth-order valence-corrected chi connectivity index (χ4v) is 6.60. The van der Waals surface area contributed by atoms with E-state index in [9.17, 15) is 19.2 Å². The Morgan fingerprint density at radius 3 is 2.38 bits per heavy atom. The minimum absolute atomic E-state index is 0.226. The van der Waals surface area contributed by atoms with Crippen molar-refractivity contribution in [1.29, 1.82) is 0 Å². The number of carbonyl (C=O) groups is 4. The number of rotatable bonds is 11.